The summed E-state index contributed by atoms with van der Waals surface area (Å²) in [5.74, 6) is 0. The monoisotopic (exact) mass is 264 g/mol. The maximum absolute atomic E-state index is 9.60. The predicted molar refractivity (Wildman–Crippen MR) is 63.6 cm³/mol. The van der Waals surface area contributed by atoms with Gasteiger partial charge in [0.05, 0.1) is 6.61 Å². The highest BCUT2D eigenvalue weighted by molar-refractivity contribution is 5.35. The first-order valence-corrected chi connectivity index (χ1v) is 6.63. The van der Waals surface area contributed by atoms with E-state index in [1.54, 1.807) is 0 Å². The van der Waals surface area contributed by atoms with Gasteiger partial charge in [-0.05, 0) is 11.5 Å². The third-order valence-corrected chi connectivity index (χ3v) is 2.51. The molecule has 0 amide bonds. The van der Waals surface area contributed by atoms with E-state index in [0.717, 1.165) is 12.8 Å². The van der Waals surface area contributed by atoms with Gasteiger partial charge in [0.25, 0.3) is 0 Å². The number of carbonyl (C=O) groups is 1. The SMILES string of the molecule is CCCCCCCCCCCOOOOOC=O. The van der Waals surface area contributed by atoms with Crippen LogP contribution in [0.3, 0.4) is 0 Å². The molecule has 0 unspecified atom stereocenters. The van der Waals surface area contributed by atoms with Crippen molar-refractivity contribution in [3.05, 3.63) is 0 Å². The van der Waals surface area contributed by atoms with E-state index in [2.05, 4.69) is 31.8 Å². The molecule has 0 saturated heterocycles. The van der Waals surface area contributed by atoms with Crippen LogP contribution in [0.1, 0.15) is 64.7 Å². The lowest BCUT2D eigenvalue weighted by Gasteiger charge is -2.02. The Balaban J connectivity index is 2.88. The number of carbonyl (C=O) groups excluding carboxylic acids is 1. The second-order valence-electron chi connectivity index (χ2n) is 4.05. The minimum Gasteiger partial charge on any atom is -0.270 e. The van der Waals surface area contributed by atoms with E-state index in [1.807, 2.05) is 0 Å². The minimum absolute atomic E-state index is 0.0594. The second-order valence-corrected chi connectivity index (χ2v) is 4.05. The fourth-order valence-corrected chi connectivity index (χ4v) is 1.57. The van der Waals surface area contributed by atoms with Crippen LogP contribution in [0.4, 0.5) is 0 Å². The quantitative estimate of drug-likeness (QED) is 0.195. The van der Waals surface area contributed by atoms with Crippen LogP contribution in [-0.4, -0.2) is 13.1 Å². The lowest BCUT2D eigenvalue weighted by molar-refractivity contribution is -0.696. The molecule has 0 atom stereocenters. The second kappa shape index (κ2) is 16.3. The first-order valence-electron chi connectivity index (χ1n) is 6.63. The molecular formula is C12H24O6. The van der Waals surface area contributed by atoms with Crippen molar-refractivity contribution >= 4 is 6.47 Å². The molecule has 0 aliphatic carbocycles. The molecule has 0 rings (SSSR count). The number of unbranched alkanes of at least 4 members (excludes halogenated alkanes) is 8. The maximum atomic E-state index is 9.60. The van der Waals surface area contributed by atoms with Gasteiger partial charge in [0.2, 0.25) is 0 Å². The first kappa shape index (κ1) is 17.3. The van der Waals surface area contributed by atoms with Crippen LogP contribution in [0.5, 0.6) is 0 Å². The molecule has 0 spiro atoms. The van der Waals surface area contributed by atoms with Gasteiger partial charge in [0.15, 0.2) is 0 Å². The topological polar surface area (TPSA) is 63.2 Å². The Morgan fingerprint density at radius 1 is 0.778 bits per heavy atom. The van der Waals surface area contributed by atoms with Gasteiger partial charge in [-0.2, -0.15) is 0 Å². The summed E-state index contributed by atoms with van der Waals surface area (Å²) >= 11 is 0. The van der Waals surface area contributed by atoms with Crippen molar-refractivity contribution in [3.8, 4) is 0 Å². The summed E-state index contributed by atoms with van der Waals surface area (Å²) in [5, 5.41) is 11.7. The van der Waals surface area contributed by atoms with Crippen LogP contribution >= 0.6 is 0 Å². The van der Waals surface area contributed by atoms with E-state index in [1.165, 1.54) is 44.9 Å². The minimum atomic E-state index is 0.0594. The van der Waals surface area contributed by atoms with Crippen molar-refractivity contribution in [1.29, 1.82) is 0 Å². The highest BCUT2D eigenvalue weighted by Crippen LogP contribution is 2.09. The van der Waals surface area contributed by atoms with Crippen LogP contribution in [0.15, 0.2) is 0 Å². The van der Waals surface area contributed by atoms with Crippen LogP contribution < -0.4 is 0 Å². The summed E-state index contributed by atoms with van der Waals surface area (Å²) < 4.78 is 0. The molecular weight excluding hydrogens is 240 g/mol. The molecule has 0 aliphatic heterocycles. The molecule has 0 fully saturated rings. The summed E-state index contributed by atoms with van der Waals surface area (Å²) in [7, 11) is 0. The van der Waals surface area contributed by atoms with Crippen molar-refractivity contribution in [1.82, 2.24) is 0 Å². The molecule has 6 heteroatoms. The van der Waals surface area contributed by atoms with Gasteiger partial charge in [-0.1, -0.05) is 58.3 Å². The summed E-state index contributed by atoms with van der Waals surface area (Å²) in [5.41, 5.74) is 0. The molecule has 0 saturated carbocycles. The van der Waals surface area contributed by atoms with Crippen molar-refractivity contribution in [2.24, 2.45) is 0 Å². The molecule has 0 aliphatic rings. The van der Waals surface area contributed by atoms with Crippen molar-refractivity contribution in [2.75, 3.05) is 6.61 Å². The van der Waals surface area contributed by atoms with Crippen molar-refractivity contribution in [3.63, 3.8) is 0 Å². The highest BCUT2D eigenvalue weighted by Gasteiger charge is 1.94. The third-order valence-electron chi connectivity index (χ3n) is 2.51. The van der Waals surface area contributed by atoms with Crippen LogP contribution in [0.2, 0.25) is 0 Å². The smallest absolute Gasteiger partial charge is 0.270 e. The summed E-state index contributed by atoms with van der Waals surface area (Å²) in [6.45, 7) is 2.70. The molecule has 0 N–H and O–H groups in total. The first-order chi connectivity index (χ1) is 8.91. The van der Waals surface area contributed by atoms with Crippen LogP contribution in [-0.2, 0) is 29.7 Å². The van der Waals surface area contributed by atoms with E-state index >= 15 is 0 Å². The number of hydrogen-bond donors (Lipinski definition) is 0. The predicted octanol–water partition coefficient (Wildman–Crippen LogP) is 3.42. The summed E-state index contributed by atoms with van der Waals surface area (Å²) in [4.78, 5) is 17.9. The standard InChI is InChI=1S/C12H24O6/c1-2-3-4-5-6-7-8-9-10-11-14-16-18-17-15-12-13/h12H,2-11H2,1H3. The van der Waals surface area contributed by atoms with E-state index in [4.69, 9.17) is 0 Å². The normalized spacial score (nSPS) is 10.5. The highest BCUT2D eigenvalue weighted by atomic mass is 17.8. The molecule has 0 bridgehead atoms. The molecule has 18 heavy (non-hydrogen) atoms. The zero-order valence-electron chi connectivity index (χ0n) is 11.1. The average molecular weight is 264 g/mol. The van der Waals surface area contributed by atoms with Gasteiger partial charge in [-0.25, -0.2) is 4.89 Å². The fraction of sp³-hybridized carbons (Fsp3) is 0.917. The Bertz CT molecular complexity index is 165. The van der Waals surface area contributed by atoms with Gasteiger partial charge < -0.3 is 0 Å². The summed E-state index contributed by atoms with van der Waals surface area (Å²) in [6.07, 6.45) is 11.1. The Hall–Kier alpha value is -0.690. The molecule has 0 radical (unpaired) electrons. The van der Waals surface area contributed by atoms with Crippen molar-refractivity contribution < 1.29 is 29.7 Å². The van der Waals surface area contributed by atoms with Crippen LogP contribution in [0, 0.1) is 0 Å². The van der Waals surface area contributed by atoms with Gasteiger partial charge in [-0.3, -0.25) is 9.68 Å². The average Bonchev–Trinajstić information content (AvgIpc) is 2.39. The van der Waals surface area contributed by atoms with Gasteiger partial charge >= 0.3 is 6.47 Å². The zero-order valence-corrected chi connectivity index (χ0v) is 11.1. The molecule has 6 nitrogen and oxygen atoms in total. The number of rotatable bonds is 15. The van der Waals surface area contributed by atoms with E-state index in [9.17, 15) is 4.79 Å². The van der Waals surface area contributed by atoms with E-state index in [-0.39, 0.29) is 6.47 Å². The van der Waals surface area contributed by atoms with Gasteiger partial charge in [0.1, 0.15) is 0 Å². The Morgan fingerprint density at radius 3 is 2.00 bits per heavy atom. The fourth-order valence-electron chi connectivity index (χ4n) is 1.57. The molecule has 108 valence electrons. The molecule has 0 aromatic rings. The van der Waals surface area contributed by atoms with Gasteiger partial charge in [0, 0.05) is 10.1 Å². The Kier molecular flexibility index (Phi) is 15.7. The van der Waals surface area contributed by atoms with E-state index in [0.29, 0.717) is 6.61 Å². The zero-order chi connectivity index (χ0) is 13.3. The Morgan fingerprint density at radius 2 is 1.39 bits per heavy atom. The van der Waals surface area contributed by atoms with Gasteiger partial charge in [-0.15, -0.1) is 0 Å². The summed E-state index contributed by atoms with van der Waals surface area (Å²) in [6, 6.07) is 0. The van der Waals surface area contributed by atoms with E-state index < -0.39 is 0 Å². The molecule has 0 aromatic carbocycles. The number of hydrogen-bond acceptors (Lipinski definition) is 6. The lowest BCUT2D eigenvalue weighted by atomic mass is 10.1. The van der Waals surface area contributed by atoms with Crippen LogP contribution in [0.25, 0.3) is 0 Å². The molecule has 0 heterocycles. The third kappa shape index (κ3) is 15.3. The lowest BCUT2D eigenvalue weighted by Crippen LogP contribution is -2.00. The van der Waals surface area contributed by atoms with Crippen molar-refractivity contribution in [2.45, 2.75) is 64.7 Å². The largest absolute Gasteiger partial charge is 0.334 e. The Labute approximate surface area is 108 Å². The molecule has 0 aromatic heterocycles. The maximum Gasteiger partial charge on any atom is 0.334 e.